The van der Waals surface area contributed by atoms with Crippen LogP contribution in [0.15, 0.2) is 10.2 Å². The number of ether oxygens (including phenoxy) is 1. The Kier molecular flexibility index (Phi) is 4.86. The fraction of sp³-hybridized carbons (Fsp3) is 0.917. The zero-order valence-electron chi connectivity index (χ0n) is 11.2. The minimum atomic E-state index is -0.349. The summed E-state index contributed by atoms with van der Waals surface area (Å²) >= 11 is 5.08. The molecule has 0 aromatic rings. The molecule has 4 nitrogen and oxygen atoms in total. The third-order valence-electron chi connectivity index (χ3n) is 2.74. The highest BCUT2D eigenvalue weighted by molar-refractivity contribution is 7.80. The van der Waals surface area contributed by atoms with Crippen LogP contribution < -0.4 is 5.32 Å². The first-order chi connectivity index (χ1) is 7.87. The van der Waals surface area contributed by atoms with Crippen molar-refractivity contribution in [1.82, 2.24) is 5.32 Å². The van der Waals surface area contributed by atoms with E-state index in [1.54, 1.807) is 7.11 Å². The van der Waals surface area contributed by atoms with E-state index >= 15 is 0 Å². The molecule has 5 heteroatoms. The third kappa shape index (κ3) is 4.98. The van der Waals surface area contributed by atoms with Crippen molar-refractivity contribution in [3.05, 3.63) is 0 Å². The average molecular weight is 257 g/mol. The van der Waals surface area contributed by atoms with Gasteiger partial charge in [0.05, 0.1) is 12.6 Å². The summed E-state index contributed by atoms with van der Waals surface area (Å²) in [6.07, 6.45) is 5.51. The number of nitrogens with one attached hydrogen (secondary N) is 1. The maximum absolute atomic E-state index is 5.08. The molecule has 0 radical (unpaired) electrons. The van der Waals surface area contributed by atoms with Crippen LogP contribution in [0.25, 0.3) is 0 Å². The Morgan fingerprint density at radius 3 is 2.29 bits per heavy atom. The lowest BCUT2D eigenvalue weighted by atomic mass is 9.90. The molecule has 1 aliphatic carbocycles. The van der Waals surface area contributed by atoms with Crippen LogP contribution in [-0.2, 0) is 4.74 Å². The van der Waals surface area contributed by atoms with Gasteiger partial charge in [0.15, 0.2) is 5.66 Å². The van der Waals surface area contributed by atoms with Crippen molar-refractivity contribution in [2.45, 2.75) is 64.1 Å². The number of rotatable bonds is 2. The molecular formula is C12H23N3OS. The van der Waals surface area contributed by atoms with Crippen molar-refractivity contribution in [3.8, 4) is 0 Å². The van der Waals surface area contributed by atoms with Gasteiger partial charge in [-0.2, -0.15) is 10.2 Å². The number of methoxy groups -OCH3 is 1. The van der Waals surface area contributed by atoms with E-state index in [0.29, 0.717) is 5.17 Å². The highest BCUT2D eigenvalue weighted by atomic mass is 32.1. The maximum atomic E-state index is 5.08. The smallest absolute Gasteiger partial charge is 0.258 e. The minimum Gasteiger partial charge on any atom is -0.474 e. The van der Waals surface area contributed by atoms with E-state index in [1.807, 2.05) is 20.8 Å². The fourth-order valence-corrected chi connectivity index (χ4v) is 2.06. The van der Waals surface area contributed by atoms with Gasteiger partial charge in [-0.15, -0.1) is 0 Å². The van der Waals surface area contributed by atoms with Gasteiger partial charge in [-0.05, 0) is 58.7 Å². The molecule has 0 heterocycles. The van der Waals surface area contributed by atoms with Gasteiger partial charge < -0.3 is 10.1 Å². The van der Waals surface area contributed by atoms with E-state index in [-0.39, 0.29) is 11.2 Å². The van der Waals surface area contributed by atoms with Gasteiger partial charge in [0.25, 0.3) is 5.17 Å². The molecule has 0 spiro atoms. The largest absolute Gasteiger partial charge is 0.474 e. The molecule has 0 amide bonds. The summed E-state index contributed by atoms with van der Waals surface area (Å²) in [5.41, 5.74) is -0.501. The number of nitrogens with zero attached hydrogens (tertiary/aromatic N) is 2. The first kappa shape index (κ1) is 14.4. The molecule has 1 aliphatic rings. The molecule has 0 saturated heterocycles. The summed E-state index contributed by atoms with van der Waals surface area (Å²) in [5.74, 6) is 0. The van der Waals surface area contributed by atoms with Gasteiger partial charge in [-0.25, -0.2) is 0 Å². The van der Waals surface area contributed by atoms with Gasteiger partial charge in [0.2, 0.25) is 0 Å². The Bertz CT molecular complexity index is 291. The van der Waals surface area contributed by atoms with Crippen molar-refractivity contribution in [2.75, 3.05) is 7.11 Å². The second kappa shape index (κ2) is 5.76. The minimum absolute atomic E-state index is 0.152. The first-order valence-electron chi connectivity index (χ1n) is 6.17. The number of hydrogen-bond donors (Lipinski definition) is 1. The Hall–Kier alpha value is -0.710. The van der Waals surface area contributed by atoms with Gasteiger partial charge in [-0.3, -0.25) is 0 Å². The van der Waals surface area contributed by atoms with Gasteiger partial charge in [0.1, 0.15) is 0 Å². The SMILES string of the molecule is COC(=S)NC1(N=NC(C)(C)C)CCCCC1. The lowest BCUT2D eigenvalue weighted by Gasteiger charge is -2.34. The summed E-state index contributed by atoms with van der Waals surface area (Å²) in [6, 6.07) is 0. The topological polar surface area (TPSA) is 46.0 Å². The van der Waals surface area contributed by atoms with E-state index in [0.717, 1.165) is 25.7 Å². The second-order valence-corrected chi connectivity index (χ2v) is 5.95. The molecule has 0 unspecified atom stereocenters. The van der Waals surface area contributed by atoms with Gasteiger partial charge >= 0.3 is 0 Å². The molecule has 0 aromatic carbocycles. The molecule has 1 rings (SSSR count). The molecule has 1 fully saturated rings. The van der Waals surface area contributed by atoms with Gasteiger partial charge in [-0.1, -0.05) is 6.42 Å². The van der Waals surface area contributed by atoms with Crippen LogP contribution in [0.2, 0.25) is 0 Å². The van der Waals surface area contributed by atoms with Crippen LogP contribution in [0.1, 0.15) is 52.9 Å². The van der Waals surface area contributed by atoms with Crippen molar-refractivity contribution < 1.29 is 4.74 Å². The monoisotopic (exact) mass is 257 g/mol. The quantitative estimate of drug-likeness (QED) is 0.609. The summed E-state index contributed by atoms with van der Waals surface area (Å²) in [6.45, 7) is 6.13. The second-order valence-electron chi connectivity index (χ2n) is 5.58. The molecule has 17 heavy (non-hydrogen) atoms. The van der Waals surface area contributed by atoms with Crippen molar-refractivity contribution in [3.63, 3.8) is 0 Å². The average Bonchev–Trinajstić information content (AvgIpc) is 2.27. The molecule has 98 valence electrons. The Morgan fingerprint density at radius 1 is 1.24 bits per heavy atom. The third-order valence-corrected chi connectivity index (χ3v) is 3.01. The molecule has 0 bridgehead atoms. The van der Waals surface area contributed by atoms with Crippen LogP contribution in [0, 0.1) is 0 Å². The predicted molar refractivity (Wildman–Crippen MR) is 73.2 cm³/mol. The van der Waals surface area contributed by atoms with Crippen molar-refractivity contribution >= 4 is 17.4 Å². The summed E-state index contributed by atoms with van der Waals surface area (Å²) < 4.78 is 5.03. The molecule has 0 atom stereocenters. The molecular weight excluding hydrogens is 234 g/mol. The van der Waals surface area contributed by atoms with Crippen LogP contribution in [-0.4, -0.2) is 23.5 Å². The first-order valence-corrected chi connectivity index (χ1v) is 6.58. The van der Waals surface area contributed by atoms with Crippen molar-refractivity contribution in [2.24, 2.45) is 10.2 Å². The Balaban J connectivity index is 2.78. The molecule has 1 N–H and O–H groups in total. The maximum Gasteiger partial charge on any atom is 0.258 e. The Morgan fingerprint density at radius 2 is 1.82 bits per heavy atom. The van der Waals surface area contributed by atoms with Gasteiger partial charge in [0, 0.05) is 0 Å². The van der Waals surface area contributed by atoms with E-state index in [1.165, 1.54) is 6.42 Å². The van der Waals surface area contributed by atoms with Crippen LogP contribution >= 0.6 is 12.2 Å². The number of azo groups is 1. The zero-order chi connectivity index (χ0) is 12.9. The predicted octanol–water partition coefficient (Wildman–Crippen LogP) is 3.42. The van der Waals surface area contributed by atoms with E-state index in [9.17, 15) is 0 Å². The standard InChI is InChI=1S/C12H23N3OS/c1-11(2,3)14-15-12(13-10(17)16-4)8-6-5-7-9-12/h5-9H2,1-4H3,(H,13,17). The zero-order valence-corrected chi connectivity index (χ0v) is 12.1. The van der Waals surface area contributed by atoms with E-state index < -0.39 is 0 Å². The lowest BCUT2D eigenvalue weighted by Crippen LogP contribution is -2.48. The highest BCUT2D eigenvalue weighted by Crippen LogP contribution is 2.30. The van der Waals surface area contributed by atoms with Crippen LogP contribution in [0.3, 0.4) is 0 Å². The van der Waals surface area contributed by atoms with Crippen LogP contribution in [0.5, 0.6) is 0 Å². The fourth-order valence-electron chi connectivity index (χ4n) is 1.87. The Labute approximate surface area is 109 Å². The van der Waals surface area contributed by atoms with Crippen molar-refractivity contribution in [1.29, 1.82) is 0 Å². The van der Waals surface area contributed by atoms with E-state index in [4.69, 9.17) is 17.0 Å². The summed E-state index contributed by atoms with van der Waals surface area (Å²) in [5, 5.41) is 12.5. The van der Waals surface area contributed by atoms with E-state index in [2.05, 4.69) is 15.5 Å². The molecule has 1 saturated carbocycles. The number of hydrogen-bond acceptors (Lipinski definition) is 4. The molecule has 0 aromatic heterocycles. The summed E-state index contributed by atoms with van der Waals surface area (Å²) in [4.78, 5) is 0. The normalized spacial score (nSPS) is 20.2. The summed E-state index contributed by atoms with van der Waals surface area (Å²) in [7, 11) is 1.58. The highest BCUT2D eigenvalue weighted by Gasteiger charge is 2.33. The molecule has 0 aliphatic heterocycles. The van der Waals surface area contributed by atoms with Crippen LogP contribution in [0.4, 0.5) is 0 Å². The lowest BCUT2D eigenvalue weighted by molar-refractivity contribution is 0.237. The number of thiocarbonyl (C=S) groups is 1.